The molecule has 0 aliphatic heterocycles. The zero-order valence-electron chi connectivity index (χ0n) is 7.16. The monoisotopic (exact) mass is 162 g/mol. The smallest absolute Gasteiger partial charge is 0.0438 e. The van der Waals surface area contributed by atoms with Crippen LogP contribution in [0.2, 0.25) is 0 Å². The molecule has 2 rings (SSSR count). The molecule has 64 valence electrons. The number of nitrogens with two attached hydrogens (primary N) is 1. The Morgan fingerprint density at radius 3 is 3.33 bits per heavy atom. The zero-order valence-corrected chi connectivity index (χ0v) is 7.16. The van der Waals surface area contributed by atoms with E-state index < -0.39 is 0 Å². The summed E-state index contributed by atoms with van der Waals surface area (Å²) in [4.78, 5) is 4.35. The SMILES string of the molecule is NCCC1CCc2ncccc21. The number of rotatable bonds is 2. The summed E-state index contributed by atoms with van der Waals surface area (Å²) in [7, 11) is 0. The quantitative estimate of drug-likeness (QED) is 0.715. The first-order valence-corrected chi connectivity index (χ1v) is 4.55. The lowest BCUT2D eigenvalue weighted by Crippen LogP contribution is -2.04. The molecule has 0 saturated carbocycles. The average Bonchev–Trinajstić information content (AvgIpc) is 2.50. The van der Waals surface area contributed by atoms with Crippen molar-refractivity contribution in [3.05, 3.63) is 29.6 Å². The molecule has 0 bridgehead atoms. The summed E-state index contributed by atoms with van der Waals surface area (Å²) in [6, 6.07) is 4.21. The van der Waals surface area contributed by atoms with Crippen LogP contribution in [0.4, 0.5) is 0 Å². The van der Waals surface area contributed by atoms with Crippen LogP contribution in [0.15, 0.2) is 18.3 Å². The standard InChI is InChI=1S/C10H14N2/c11-6-5-8-3-4-10-9(8)2-1-7-12-10/h1-2,7-8H,3-6,11H2. The molecule has 2 N–H and O–H groups in total. The molecule has 12 heavy (non-hydrogen) atoms. The second-order valence-electron chi connectivity index (χ2n) is 3.35. The molecule has 0 aromatic carbocycles. The molecule has 1 aliphatic carbocycles. The van der Waals surface area contributed by atoms with Crippen molar-refractivity contribution in [1.29, 1.82) is 0 Å². The van der Waals surface area contributed by atoms with Crippen LogP contribution in [0.5, 0.6) is 0 Å². The molecular formula is C10H14N2. The van der Waals surface area contributed by atoms with Gasteiger partial charge in [-0.2, -0.15) is 0 Å². The van der Waals surface area contributed by atoms with Gasteiger partial charge in [0, 0.05) is 11.9 Å². The molecule has 1 unspecified atom stereocenters. The molecule has 2 heteroatoms. The largest absolute Gasteiger partial charge is 0.330 e. The molecule has 1 aromatic rings. The second-order valence-corrected chi connectivity index (χ2v) is 3.35. The molecule has 1 aromatic heterocycles. The van der Waals surface area contributed by atoms with Crippen LogP contribution in [-0.2, 0) is 6.42 Å². The zero-order chi connectivity index (χ0) is 8.39. The summed E-state index contributed by atoms with van der Waals surface area (Å²) in [5, 5.41) is 0. The maximum absolute atomic E-state index is 5.55. The van der Waals surface area contributed by atoms with Crippen molar-refractivity contribution in [3.63, 3.8) is 0 Å². The van der Waals surface area contributed by atoms with Crippen LogP contribution < -0.4 is 5.73 Å². The molecule has 0 amide bonds. The van der Waals surface area contributed by atoms with Gasteiger partial charge in [0.25, 0.3) is 0 Å². The van der Waals surface area contributed by atoms with Gasteiger partial charge in [0.1, 0.15) is 0 Å². The summed E-state index contributed by atoms with van der Waals surface area (Å²) < 4.78 is 0. The Morgan fingerprint density at radius 2 is 2.50 bits per heavy atom. The molecule has 0 radical (unpaired) electrons. The van der Waals surface area contributed by atoms with Crippen molar-refractivity contribution in [2.45, 2.75) is 25.2 Å². The Hall–Kier alpha value is -0.890. The van der Waals surface area contributed by atoms with Crippen LogP contribution in [0.3, 0.4) is 0 Å². The number of aromatic nitrogens is 1. The van der Waals surface area contributed by atoms with Crippen molar-refractivity contribution < 1.29 is 0 Å². The highest BCUT2D eigenvalue weighted by atomic mass is 14.7. The second kappa shape index (κ2) is 3.23. The van der Waals surface area contributed by atoms with E-state index in [1.807, 2.05) is 12.3 Å². The van der Waals surface area contributed by atoms with E-state index in [0.717, 1.165) is 19.4 Å². The predicted molar refractivity (Wildman–Crippen MR) is 49.0 cm³/mol. The van der Waals surface area contributed by atoms with Gasteiger partial charge in [0.15, 0.2) is 0 Å². The van der Waals surface area contributed by atoms with E-state index in [1.54, 1.807) is 0 Å². The number of hydrogen-bond acceptors (Lipinski definition) is 2. The van der Waals surface area contributed by atoms with Gasteiger partial charge in [-0.3, -0.25) is 4.98 Å². The van der Waals surface area contributed by atoms with E-state index >= 15 is 0 Å². The molecule has 0 spiro atoms. The lowest BCUT2D eigenvalue weighted by molar-refractivity contribution is 0.627. The highest BCUT2D eigenvalue weighted by Gasteiger charge is 2.21. The number of hydrogen-bond donors (Lipinski definition) is 1. The van der Waals surface area contributed by atoms with Crippen LogP contribution in [0, 0.1) is 0 Å². The molecule has 1 atom stereocenters. The fourth-order valence-corrected chi connectivity index (χ4v) is 2.00. The molecular weight excluding hydrogens is 148 g/mol. The lowest BCUT2D eigenvalue weighted by atomic mass is 9.99. The van der Waals surface area contributed by atoms with Gasteiger partial charge in [-0.25, -0.2) is 0 Å². The third kappa shape index (κ3) is 1.23. The molecule has 2 nitrogen and oxygen atoms in total. The minimum Gasteiger partial charge on any atom is -0.330 e. The van der Waals surface area contributed by atoms with Gasteiger partial charge in [0.05, 0.1) is 0 Å². The topological polar surface area (TPSA) is 38.9 Å². The van der Waals surface area contributed by atoms with E-state index in [-0.39, 0.29) is 0 Å². The molecule has 0 saturated heterocycles. The van der Waals surface area contributed by atoms with E-state index in [1.165, 1.54) is 17.7 Å². The fraction of sp³-hybridized carbons (Fsp3) is 0.500. The summed E-state index contributed by atoms with van der Waals surface area (Å²) >= 11 is 0. The van der Waals surface area contributed by atoms with Gasteiger partial charge in [-0.1, -0.05) is 6.07 Å². The molecule has 1 heterocycles. The van der Waals surface area contributed by atoms with Crippen LogP contribution in [-0.4, -0.2) is 11.5 Å². The highest BCUT2D eigenvalue weighted by Crippen LogP contribution is 2.33. The van der Waals surface area contributed by atoms with Crippen molar-refractivity contribution >= 4 is 0 Å². The first kappa shape index (κ1) is 7.74. The van der Waals surface area contributed by atoms with Crippen molar-refractivity contribution in [2.75, 3.05) is 6.54 Å². The summed E-state index contributed by atoms with van der Waals surface area (Å²) in [5.41, 5.74) is 8.27. The fourth-order valence-electron chi connectivity index (χ4n) is 2.00. The third-order valence-corrected chi connectivity index (χ3v) is 2.61. The Bertz CT molecular complexity index is 268. The Kier molecular flexibility index (Phi) is 2.09. The first-order chi connectivity index (χ1) is 5.92. The number of nitrogens with zero attached hydrogens (tertiary/aromatic N) is 1. The Morgan fingerprint density at radius 1 is 1.58 bits per heavy atom. The van der Waals surface area contributed by atoms with Crippen molar-refractivity contribution in [3.8, 4) is 0 Å². The minimum atomic E-state index is 0.679. The predicted octanol–water partition coefficient (Wildman–Crippen LogP) is 1.46. The van der Waals surface area contributed by atoms with Gasteiger partial charge in [0.2, 0.25) is 0 Å². The number of aryl methyl sites for hydroxylation is 1. The van der Waals surface area contributed by atoms with E-state index in [9.17, 15) is 0 Å². The Labute approximate surface area is 72.8 Å². The highest BCUT2D eigenvalue weighted by molar-refractivity contribution is 5.28. The van der Waals surface area contributed by atoms with Crippen molar-refractivity contribution in [2.24, 2.45) is 5.73 Å². The van der Waals surface area contributed by atoms with Crippen LogP contribution in [0.1, 0.15) is 30.0 Å². The van der Waals surface area contributed by atoms with E-state index in [4.69, 9.17) is 5.73 Å². The summed E-state index contributed by atoms with van der Waals surface area (Å²) in [6.07, 6.45) is 5.37. The van der Waals surface area contributed by atoms with E-state index in [0.29, 0.717) is 5.92 Å². The number of fused-ring (bicyclic) bond motifs is 1. The summed E-state index contributed by atoms with van der Waals surface area (Å²) in [5.74, 6) is 0.679. The van der Waals surface area contributed by atoms with Crippen molar-refractivity contribution in [1.82, 2.24) is 4.98 Å². The van der Waals surface area contributed by atoms with Gasteiger partial charge in [-0.15, -0.1) is 0 Å². The first-order valence-electron chi connectivity index (χ1n) is 4.55. The maximum atomic E-state index is 5.55. The maximum Gasteiger partial charge on any atom is 0.0438 e. The van der Waals surface area contributed by atoms with Gasteiger partial charge >= 0.3 is 0 Å². The minimum absolute atomic E-state index is 0.679. The van der Waals surface area contributed by atoms with Gasteiger partial charge < -0.3 is 5.73 Å². The Balaban J connectivity index is 2.24. The lowest BCUT2D eigenvalue weighted by Gasteiger charge is -2.07. The molecule has 1 aliphatic rings. The normalized spacial score (nSPS) is 20.9. The third-order valence-electron chi connectivity index (χ3n) is 2.61. The number of pyridine rings is 1. The van der Waals surface area contributed by atoms with Crippen LogP contribution in [0.25, 0.3) is 0 Å². The van der Waals surface area contributed by atoms with Gasteiger partial charge in [-0.05, 0) is 43.4 Å². The van der Waals surface area contributed by atoms with E-state index in [2.05, 4.69) is 11.1 Å². The summed E-state index contributed by atoms with van der Waals surface area (Å²) in [6.45, 7) is 0.791. The van der Waals surface area contributed by atoms with Crippen LogP contribution >= 0.6 is 0 Å². The average molecular weight is 162 g/mol. The molecule has 0 fully saturated rings.